The van der Waals surface area contributed by atoms with E-state index in [4.69, 9.17) is 42.6 Å². The van der Waals surface area contributed by atoms with Gasteiger partial charge in [0, 0.05) is 23.3 Å². The molecule has 12 nitrogen and oxygen atoms in total. The van der Waals surface area contributed by atoms with Crippen LogP contribution in [0.15, 0.2) is 60.7 Å². The van der Waals surface area contributed by atoms with Gasteiger partial charge in [-0.15, -0.1) is 0 Å². The van der Waals surface area contributed by atoms with Crippen molar-refractivity contribution in [2.24, 2.45) is 5.92 Å². The monoisotopic (exact) mass is 1040 g/mol. The number of carbonyl (C=O) groups excluding carboxylic acids is 3. The molecule has 75 heavy (non-hydrogen) atoms. The molecule has 0 N–H and O–H groups in total. The highest BCUT2D eigenvalue weighted by molar-refractivity contribution is 5.90. The molecule has 0 amide bonds. The fourth-order valence-electron chi connectivity index (χ4n) is 7.76. The van der Waals surface area contributed by atoms with E-state index in [2.05, 4.69) is 34.6 Å². The SMILES string of the molecule is CCCCCCOc1ccc(/C=C/C(=O)Oc2ccc(OC(=O)/C=C/c3ccc(OCCCCOC(=O)C(C)CC)c(OCCCCCC)c3OCCCCCC)cc2)c(OCCCCCC)c1OCCCCCC. The average molecular weight is 1040 g/mol. The molecule has 0 radical (unpaired) electrons. The van der Waals surface area contributed by atoms with Gasteiger partial charge in [0.1, 0.15) is 11.5 Å². The summed E-state index contributed by atoms with van der Waals surface area (Å²) in [6.07, 6.45) is 29.3. The van der Waals surface area contributed by atoms with Crippen LogP contribution in [0.2, 0.25) is 0 Å². The summed E-state index contributed by atoms with van der Waals surface area (Å²) < 4.78 is 55.0. The summed E-state index contributed by atoms with van der Waals surface area (Å²) in [7, 11) is 0. The first-order chi connectivity index (χ1) is 36.7. The Morgan fingerprint density at radius 3 is 1.05 bits per heavy atom. The molecule has 3 aromatic rings. The van der Waals surface area contributed by atoms with Gasteiger partial charge in [-0.25, -0.2) is 9.59 Å². The van der Waals surface area contributed by atoms with E-state index >= 15 is 0 Å². The fourth-order valence-corrected chi connectivity index (χ4v) is 7.76. The van der Waals surface area contributed by atoms with Crippen molar-refractivity contribution in [2.75, 3.05) is 46.2 Å². The molecule has 0 spiro atoms. The Kier molecular flexibility index (Phi) is 34.5. The average Bonchev–Trinajstić information content (AvgIpc) is 3.41. The topological polar surface area (TPSA) is 134 Å². The molecule has 3 rings (SSSR count). The molecule has 0 fully saturated rings. The van der Waals surface area contributed by atoms with Gasteiger partial charge < -0.3 is 42.6 Å². The van der Waals surface area contributed by atoms with E-state index in [0.717, 1.165) is 135 Å². The second-order valence-electron chi connectivity index (χ2n) is 19.2. The van der Waals surface area contributed by atoms with Crippen LogP contribution in [-0.2, 0) is 19.1 Å². The minimum atomic E-state index is -0.603. The smallest absolute Gasteiger partial charge is 0.336 e. The maximum atomic E-state index is 13.3. The summed E-state index contributed by atoms with van der Waals surface area (Å²) in [5.41, 5.74) is 1.33. The lowest BCUT2D eigenvalue weighted by Crippen LogP contribution is -2.15. The van der Waals surface area contributed by atoms with Crippen LogP contribution < -0.4 is 37.9 Å². The Morgan fingerprint density at radius 2 is 0.707 bits per heavy atom. The van der Waals surface area contributed by atoms with Crippen molar-refractivity contribution in [2.45, 2.75) is 196 Å². The van der Waals surface area contributed by atoms with Crippen molar-refractivity contribution in [1.82, 2.24) is 0 Å². The molecule has 0 aliphatic carbocycles. The maximum absolute atomic E-state index is 13.3. The molecule has 0 aliphatic rings. The molecule has 0 bridgehead atoms. The zero-order chi connectivity index (χ0) is 54.1. The predicted molar refractivity (Wildman–Crippen MR) is 302 cm³/mol. The molecule has 418 valence electrons. The first-order valence-electron chi connectivity index (χ1n) is 28.9. The van der Waals surface area contributed by atoms with Crippen molar-refractivity contribution in [3.05, 3.63) is 71.8 Å². The normalized spacial score (nSPS) is 11.7. The van der Waals surface area contributed by atoms with E-state index in [0.29, 0.717) is 105 Å². The number of carbonyl (C=O) groups is 3. The highest BCUT2D eigenvalue weighted by Crippen LogP contribution is 2.43. The molecule has 0 aliphatic heterocycles. The van der Waals surface area contributed by atoms with E-state index < -0.39 is 11.9 Å². The van der Waals surface area contributed by atoms with Crippen LogP contribution in [0.4, 0.5) is 0 Å². The van der Waals surface area contributed by atoms with Crippen LogP contribution in [0.1, 0.15) is 207 Å². The van der Waals surface area contributed by atoms with Gasteiger partial charge in [-0.3, -0.25) is 4.79 Å². The van der Waals surface area contributed by atoms with Gasteiger partial charge in [0.2, 0.25) is 11.5 Å². The Hall–Kier alpha value is -5.65. The summed E-state index contributed by atoms with van der Waals surface area (Å²) in [5, 5.41) is 0. The van der Waals surface area contributed by atoms with Crippen LogP contribution in [0.3, 0.4) is 0 Å². The van der Waals surface area contributed by atoms with E-state index in [1.807, 2.05) is 38.1 Å². The van der Waals surface area contributed by atoms with Gasteiger partial charge in [-0.05, 0) is 112 Å². The summed E-state index contributed by atoms with van der Waals surface area (Å²) in [5.74, 6) is 2.39. The van der Waals surface area contributed by atoms with Gasteiger partial charge in [-0.2, -0.15) is 0 Å². The number of esters is 3. The molecule has 0 aromatic heterocycles. The second-order valence-corrected chi connectivity index (χ2v) is 19.2. The standard InChI is InChI=1S/C63H94O12/c1-8-14-19-24-43-67-55-39-31-51(59(69-45-25-20-15-9-2)61(55)71-47-27-22-17-11-4)33-41-57(64)74-53-35-37-54(38-36-53)75-58(65)42-34-52-32-40-56(68-44-29-30-49-73-63(66)50(7)13-6)62(72-48-28-23-18-12-5)60(52)70-46-26-21-16-10-3/h31-42,50H,8-30,43-49H2,1-7H3/b41-33+,42-34+. The van der Waals surface area contributed by atoms with Gasteiger partial charge in [0.15, 0.2) is 23.0 Å². The summed E-state index contributed by atoms with van der Waals surface area (Å²) >= 11 is 0. The van der Waals surface area contributed by atoms with Crippen LogP contribution >= 0.6 is 0 Å². The molecule has 12 heteroatoms. The Bertz CT molecular complexity index is 2080. The van der Waals surface area contributed by atoms with E-state index in [9.17, 15) is 14.4 Å². The minimum absolute atomic E-state index is 0.116. The number of hydrogen-bond acceptors (Lipinski definition) is 12. The van der Waals surface area contributed by atoms with Crippen LogP contribution in [0.5, 0.6) is 46.0 Å². The second kappa shape index (κ2) is 40.6. The van der Waals surface area contributed by atoms with E-state index in [1.165, 1.54) is 12.2 Å². The molecule has 0 saturated carbocycles. The third-order valence-electron chi connectivity index (χ3n) is 12.6. The largest absolute Gasteiger partial charge is 0.490 e. The molecule has 1 atom stereocenters. The summed E-state index contributed by atoms with van der Waals surface area (Å²) in [4.78, 5) is 38.6. The zero-order valence-electron chi connectivity index (χ0n) is 47.1. The van der Waals surface area contributed by atoms with Gasteiger partial charge in [0.05, 0.1) is 52.2 Å². The maximum Gasteiger partial charge on any atom is 0.336 e. The van der Waals surface area contributed by atoms with Crippen molar-refractivity contribution in [3.63, 3.8) is 0 Å². The lowest BCUT2D eigenvalue weighted by Gasteiger charge is -2.19. The van der Waals surface area contributed by atoms with Crippen LogP contribution in [0, 0.1) is 5.92 Å². The quantitative estimate of drug-likeness (QED) is 0.0231. The highest BCUT2D eigenvalue weighted by Gasteiger charge is 2.20. The third kappa shape index (κ3) is 26.6. The van der Waals surface area contributed by atoms with E-state index in [1.54, 1.807) is 36.4 Å². The summed E-state index contributed by atoms with van der Waals surface area (Å²) in [6.45, 7) is 18.1. The number of ether oxygens (including phenoxy) is 9. The van der Waals surface area contributed by atoms with Crippen molar-refractivity contribution in [3.8, 4) is 46.0 Å². The number of hydrogen-bond donors (Lipinski definition) is 0. The van der Waals surface area contributed by atoms with Gasteiger partial charge in [0.25, 0.3) is 0 Å². The minimum Gasteiger partial charge on any atom is -0.490 e. The lowest BCUT2D eigenvalue weighted by molar-refractivity contribution is -0.148. The summed E-state index contributed by atoms with van der Waals surface area (Å²) in [6, 6.07) is 13.8. The first-order valence-corrected chi connectivity index (χ1v) is 28.9. The molecular weight excluding hydrogens is 949 g/mol. The number of unbranched alkanes of at least 4 members (excludes halogenated alkanes) is 16. The van der Waals surface area contributed by atoms with Crippen molar-refractivity contribution in [1.29, 1.82) is 0 Å². The molecule has 3 aromatic carbocycles. The first kappa shape index (κ1) is 63.6. The van der Waals surface area contributed by atoms with Crippen molar-refractivity contribution < 1.29 is 57.0 Å². The molecule has 1 unspecified atom stereocenters. The fraction of sp³-hybridized carbons (Fsp3) is 0.603. The molecule has 0 heterocycles. The Balaban J connectivity index is 1.77. The lowest BCUT2D eigenvalue weighted by atomic mass is 10.1. The Labute approximate surface area is 451 Å². The number of benzene rings is 3. The molecule has 0 saturated heterocycles. The number of rotatable bonds is 44. The highest BCUT2D eigenvalue weighted by atomic mass is 16.6. The predicted octanol–water partition coefficient (Wildman–Crippen LogP) is 16.5. The van der Waals surface area contributed by atoms with Crippen molar-refractivity contribution >= 4 is 30.1 Å². The van der Waals surface area contributed by atoms with Gasteiger partial charge in [-0.1, -0.05) is 145 Å². The Morgan fingerprint density at radius 1 is 0.387 bits per heavy atom. The van der Waals surface area contributed by atoms with Gasteiger partial charge >= 0.3 is 17.9 Å². The zero-order valence-corrected chi connectivity index (χ0v) is 47.1. The third-order valence-corrected chi connectivity index (χ3v) is 12.6. The van der Waals surface area contributed by atoms with Crippen LogP contribution in [-0.4, -0.2) is 64.2 Å². The van der Waals surface area contributed by atoms with Crippen LogP contribution in [0.25, 0.3) is 12.2 Å². The van der Waals surface area contributed by atoms with E-state index in [-0.39, 0.29) is 23.4 Å². The molecular formula is C63H94O12.